The molecular weight excluding hydrogens is 168 g/mol. The Morgan fingerprint density at radius 2 is 2.27 bits per heavy atom. The van der Waals surface area contributed by atoms with E-state index in [-0.39, 0.29) is 17.0 Å². The van der Waals surface area contributed by atoms with Crippen LogP contribution in [0.1, 0.15) is 10.6 Å². The largest absolute Gasteiger partial charge is 0.342 e. The highest BCUT2D eigenvalue weighted by molar-refractivity contribution is 6.28. The summed E-state index contributed by atoms with van der Waals surface area (Å²) in [4.78, 5) is 16.1. The fraction of sp³-hybridized carbons (Fsp3) is 0.400. The molecule has 5 nitrogen and oxygen atoms in total. The molecule has 0 unspecified atom stereocenters. The molecule has 0 aliphatic heterocycles. The molecule has 1 N–H and O–H groups in total. The molecule has 0 aliphatic rings. The summed E-state index contributed by atoms with van der Waals surface area (Å²) in [6.07, 6.45) is 0. The summed E-state index contributed by atoms with van der Waals surface area (Å²) < 4.78 is 0. The lowest BCUT2D eigenvalue weighted by atomic mass is 10.5. The molecule has 0 saturated heterocycles. The van der Waals surface area contributed by atoms with Crippen LogP contribution in [0, 0.1) is 0 Å². The van der Waals surface area contributed by atoms with Gasteiger partial charge in [-0.2, -0.15) is 4.98 Å². The molecule has 1 heterocycles. The monoisotopic (exact) mass is 174 g/mol. The van der Waals surface area contributed by atoms with Gasteiger partial charge >= 0.3 is 0 Å². The average molecular weight is 175 g/mol. The minimum atomic E-state index is -0.270. The quantitative estimate of drug-likeness (QED) is 0.660. The summed E-state index contributed by atoms with van der Waals surface area (Å²) in [5, 5.41) is 6.06. The van der Waals surface area contributed by atoms with Gasteiger partial charge in [0.2, 0.25) is 11.1 Å². The zero-order valence-corrected chi connectivity index (χ0v) is 6.88. The third-order valence-electron chi connectivity index (χ3n) is 1.06. The maximum atomic E-state index is 11.1. The van der Waals surface area contributed by atoms with Crippen molar-refractivity contribution in [2.75, 3.05) is 14.1 Å². The van der Waals surface area contributed by atoms with E-state index in [0.717, 1.165) is 0 Å². The summed E-state index contributed by atoms with van der Waals surface area (Å²) in [6.45, 7) is 0. The molecule has 1 aromatic heterocycles. The molecule has 1 amide bonds. The van der Waals surface area contributed by atoms with Gasteiger partial charge in [-0.15, -0.1) is 5.10 Å². The molecule has 1 aromatic rings. The van der Waals surface area contributed by atoms with Crippen LogP contribution in [-0.2, 0) is 0 Å². The van der Waals surface area contributed by atoms with Crippen molar-refractivity contribution in [1.29, 1.82) is 0 Å². The van der Waals surface area contributed by atoms with Crippen LogP contribution in [0.25, 0.3) is 0 Å². The maximum Gasteiger partial charge on any atom is 0.293 e. The van der Waals surface area contributed by atoms with E-state index in [0.29, 0.717) is 0 Å². The lowest BCUT2D eigenvalue weighted by Crippen LogP contribution is -2.22. The van der Waals surface area contributed by atoms with Crippen LogP contribution in [0.2, 0.25) is 5.28 Å². The molecular formula is C5H7ClN4O. The number of nitrogens with one attached hydrogen (secondary N) is 1. The molecule has 0 atom stereocenters. The number of rotatable bonds is 1. The fourth-order valence-corrected chi connectivity index (χ4v) is 0.660. The lowest BCUT2D eigenvalue weighted by molar-refractivity contribution is 0.0816. The van der Waals surface area contributed by atoms with Gasteiger partial charge < -0.3 is 4.90 Å². The van der Waals surface area contributed by atoms with Crippen LogP contribution in [0.5, 0.6) is 0 Å². The van der Waals surface area contributed by atoms with Gasteiger partial charge in [-0.1, -0.05) is 0 Å². The minimum Gasteiger partial charge on any atom is -0.342 e. The number of carbonyl (C=O) groups excluding carboxylic acids is 1. The third-order valence-corrected chi connectivity index (χ3v) is 1.22. The lowest BCUT2D eigenvalue weighted by Gasteiger charge is -2.04. The molecule has 0 saturated carbocycles. The highest BCUT2D eigenvalue weighted by Gasteiger charge is 2.12. The van der Waals surface area contributed by atoms with Crippen LogP contribution in [0.15, 0.2) is 0 Å². The Bertz CT molecular complexity index is 269. The Morgan fingerprint density at radius 1 is 1.64 bits per heavy atom. The molecule has 60 valence electrons. The number of hydrogen-bond donors (Lipinski definition) is 1. The third kappa shape index (κ3) is 1.68. The topological polar surface area (TPSA) is 61.9 Å². The summed E-state index contributed by atoms with van der Waals surface area (Å²) in [5.74, 6) is -0.187. The molecule has 0 spiro atoms. The fourth-order valence-electron chi connectivity index (χ4n) is 0.538. The van der Waals surface area contributed by atoms with E-state index in [4.69, 9.17) is 11.6 Å². The zero-order valence-electron chi connectivity index (χ0n) is 6.13. The number of nitrogens with zero attached hydrogens (tertiary/aromatic N) is 3. The standard InChI is InChI=1S/C5H7ClN4O/c1-10(2)4(11)3-7-5(6)9-8-3/h1-2H3,(H,7,8,9). The average Bonchev–Trinajstić information content (AvgIpc) is 2.34. The van der Waals surface area contributed by atoms with Crippen molar-refractivity contribution in [2.45, 2.75) is 0 Å². The molecule has 0 radical (unpaired) electrons. The van der Waals surface area contributed by atoms with Crippen molar-refractivity contribution in [2.24, 2.45) is 0 Å². The van der Waals surface area contributed by atoms with Gasteiger partial charge in [-0.25, -0.2) is 5.10 Å². The first kappa shape index (κ1) is 8.00. The number of aromatic nitrogens is 3. The van der Waals surface area contributed by atoms with Crippen LogP contribution in [0.4, 0.5) is 0 Å². The molecule has 11 heavy (non-hydrogen) atoms. The summed E-state index contributed by atoms with van der Waals surface area (Å²) >= 11 is 5.41. The molecule has 0 aromatic carbocycles. The first-order chi connectivity index (χ1) is 5.11. The molecule has 0 fully saturated rings. The van der Waals surface area contributed by atoms with Crippen molar-refractivity contribution in [3.05, 3.63) is 11.1 Å². The van der Waals surface area contributed by atoms with Crippen LogP contribution in [0.3, 0.4) is 0 Å². The summed E-state index contributed by atoms with van der Waals surface area (Å²) in [7, 11) is 3.24. The van der Waals surface area contributed by atoms with E-state index < -0.39 is 0 Å². The van der Waals surface area contributed by atoms with Crippen LogP contribution in [-0.4, -0.2) is 40.1 Å². The van der Waals surface area contributed by atoms with E-state index >= 15 is 0 Å². The number of amides is 1. The van der Waals surface area contributed by atoms with Gasteiger partial charge in [0.05, 0.1) is 0 Å². The van der Waals surface area contributed by atoms with E-state index in [2.05, 4.69) is 15.2 Å². The summed E-state index contributed by atoms with van der Waals surface area (Å²) in [6, 6.07) is 0. The van der Waals surface area contributed by atoms with Crippen molar-refractivity contribution in [3.63, 3.8) is 0 Å². The molecule has 0 bridgehead atoms. The van der Waals surface area contributed by atoms with Crippen molar-refractivity contribution < 1.29 is 4.79 Å². The van der Waals surface area contributed by atoms with E-state index in [1.165, 1.54) is 4.90 Å². The number of aromatic amines is 1. The molecule has 1 rings (SSSR count). The number of carbonyl (C=O) groups is 1. The Kier molecular flexibility index (Phi) is 2.09. The van der Waals surface area contributed by atoms with E-state index in [1.807, 2.05) is 0 Å². The predicted molar refractivity (Wildman–Crippen MR) is 39.4 cm³/mol. The predicted octanol–water partition coefficient (Wildman–Crippen LogP) is 0.160. The van der Waals surface area contributed by atoms with Gasteiger partial charge in [-0.05, 0) is 11.6 Å². The second-order valence-corrected chi connectivity index (χ2v) is 2.51. The van der Waals surface area contributed by atoms with E-state index in [9.17, 15) is 4.79 Å². The highest BCUT2D eigenvalue weighted by atomic mass is 35.5. The van der Waals surface area contributed by atoms with Crippen LogP contribution >= 0.6 is 11.6 Å². The normalized spacial score (nSPS) is 9.73. The molecule has 0 aliphatic carbocycles. The number of halogens is 1. The SMILES string of the molecule is CN(C)C(=O)c1n[nH]c(Cl)n1. The maximum absolute atomic E-state index is 11.1. The Morgan fingerprint density at radius 3 is 2.64 bits per heavy atom. The van der Waals surface area contributed by atoms with Gasteiger partial charge in [0.1, 0.15) is 0 Å². The Labute approximate surface area is 68.4 Å². The van der Waals surface area contributed by atoms with Crippen molar-refractivity contribution >= 4 is 17.5 Å². The highest BCUT2D eigenvalue weighted by Crippen LogP contribution is 2.00. The second-order valence-electron chi connectivity index (χ2n) is 2.15. The smallest absolute Gasteiger partial charge is 0.293 e. The number of hydrogen-bond acceptors (Lipinski definition) is 3. The first-order valence-corrected chi connectivity index (χ1v) is 3.28. The number of H-pyrrole nitrogens is 1. The Hall–Kier alpha value is -1.10. The van der Waals surface area contributed by atoms with Gasteiger partial charge in [-0.3, -0.25) is 4.79 Å². The van der Waals surface area contributed by atoms with Crippen LogP contribution < -0.4 is 0 Å². The van der Waals surface area contributed by atoms with E-state index in [1.54, 1.807) is 14.1 Å². The Balaban J connectivity index is 2.85. The van der Waals surface area contributed by atoms with Gasteiger partial charge in [0, 0.05) is 14.1 Å². The zero-order chi connectivity index (χ0) is 8.43. The van der Waals surface area contributed by atoms with Crippen molar-refractivity contribution in [3.8, 4) is 0 Å². The molecule has 6 heteroatoms. The van der Waals surface area contributed by atoms with Gasteiger partial charge in [0.25, 0.3) is 5.91 Å². The minimum absolute atomic E-state index is 0.0833. The van der Waals surface area contributed by atoms with Gasteiger partial charge in [0.15, 0.2) is 0 Å². The second kappa shape index (κ2) is 2.87. The van der Waals surface area contributed by atoms with Crippen molar-refractivity contribution in [1.82, 2.24) is 20.1 Å². The first-order valence-electron chi connectivity index (χ1n) is 2.91. The summed E-state index contributed by atoms with van der Waals surface area (Å²) in [5.41, 5.74) is 0.